The number of amides is 1. The molecule has 1 aromatic carbocycles. The maximum absolute atomic E-state index is 12.5. The van der Waals surface area contributed by atoms with Gasteiger partial charge in [0.2, 0.25) is 11.7 Å². The van der Waals surface area contributed by atoms with Crippen molar-refractivity contribution in [2.24, 2.45) is 11.3 Å². The topological polar surface area (TPSA) is 101 Å². The molecule has 1 saturated heterocycles. The Morgan fingerprint density at radius 3 is 2.54 bits per heavy atom. The van der Waals surface area contributed by atoms with E-state index in [1.165, 1.54) is 4.80 Å². The second-order valence-corrected chi connectivity index (χ2v) is 7.42. The largest absolute Gasteiger partial charge is 0.481 e. The van der Waals surface area contributed by atoms with E-state index in [0.717, 1.165) is 24.8 Å². The maximum Gasteiger partial charge on any atom is 0.307 e. The Hall–Kier alpha value is -2.48. The first-order valence-electron chi connectivity index (χ1n) is 8.51. The molecule has 8 nitrogen and oxygen atoms in total. The predicted octanol–water partition coefficient (Wildman–Crippen LogP) is 1.71. The minimum absolute atomic E-state index is 0.0238. The molecule has 4 rings (SSSR count). The number of rotatable bonds is 4. The van der Waals surface area contributed by atoms with Crippen molar-refractivity contribution in [1.29, 1.82) is 0 Å². The van der Waals surface area contributed by atoms with Crippen LogP contribution in [0, 0.1) is 11.3 Å². The predicted molar refractivity (Wildman–Crippen MR) is 92.3 cm³/mol. The van der Waals surface area contributed by atoms with Crippen LogP contribution in [0.3, 0.4) is 0 Å². The number of carboxylic acid groups (broad SMARTS) is 1. The van der Waals surface area contributed by atoms with Crippen molar-refractivity contribution >= 4 is 23.5 Å². The highest BCUT2D eigenvalue weighted by Gasteiger charge is 2.59. The van der Waals surface area contributed by atoms with Gasteiger partial charge in [0.25, 0.3) is 0 Å². The Labute approximate surface area is 154 Å². The number of hydrogen-bond acceptors (Lipinski definition) is 5. The van der Waals surface area contributed by atoms with E-state index in [0.29, 0.717) is 23.9 Å². The first-order valence-corrected chi connectivity index (χ1v) is 8.89. The van der Waals surface area contributed by atoms with E-state index < -0.39 is 5.97 Å². The van der Waals surface area contributed by atoms with Crippen LogP contribution in [0.25, 0.3) is 11.4 Å². The molecular weight excluding hydrogens is 358 g/mol. The number of hydrogen-bond donors (Lipinski definition) is 1. The van der Waals surface area contributed by atoms with Gasteiger partial charge in [0, 0.05) is 23.7 Å². The van der Waals surface area contributed by atoms with E-state index in [-0.39, 0.29) is 23.8 Å². The van der Waals surface area contributed by atoms with Crippen molar-refractivity contribution < 1.29 is 14.7 Å². The molecule has 0 radical (unpaired) electrons. The average Bonchev–Trinajstić information content (AvgIpc) is 3.13. The van der Waals surface area contributed by atoms with E-state index in [9.17, 15) is 9.59 Å². The van der Waals surface area contributed by atoms with Crippen molar-refractivity contribution in [1.82, 2.24) is 25.1 Å². The van der Waals surface area contributed by atoms with Crippen molar-refractivity contribution in [3.05, 3.63) is 29.3 Å². The molecule has 1 atom stereocenters. The molecule has 1 aliphatic heterocycles. The van der Waals surface area contributed by atoms with Gasteiger partial charge >= 0.3 is 5.97 Å². The molecule has 1 spiro atoms. The summed E-state index contributed by atoms with van der Waals surface area (Å²) < 4.78 is 0. The molecule has 2 heterocycles. The molecule has 1 N–H and O–H groups in total. The fourth-order valence-corrected chi connectivity index (χ4v) is 3.82. The van der Waals surface area contributed by atoms with Gasteiger partial charge in [-0.05, 0) is 54.2 Å². The molecule has 1 saturated carbocycles. The highest BCUT2D eigenvalue weighted by Crippen LogP contribution is 2.59. The van der Waals surface area contributed by atoms with Gasteiger partial charge in [0.05, 0.1) is 5.92 Å². The number of aromatic nitrogens is 4. The molecule has 26 heavy (non-hydrogen) atoms. The lowest BCUT2D eigenvalue weighted by Crippen LogP contribution is -2.41. The van der Waals surface area contributed by atoms with Crippen molar-refractivity contribution in [3.8, 4) is 11.4 Å². The Bertz CT molecular complexity index is 842. The molecule has 2 aromatic rings. The van der Waals surface area contributed by atoms with Crippen molar-refractivity contribution in [2.75, 3.05) is 13.1 Å². The number of carbonyl (C=O) groups excluding carboxylic acids is 1. The summed E-state index contributed by atoms with van der Waals surface area (Å²) in [7, 11) is 0. The van der Waals surface area contributed by atoms with Crippen LogP contribution in [0.5, 0.6) is 0 Å². The Kier molecular flexibility index (Phi) is 4.14. The molecule has 1 aromatic heterocycles. The van der Waals surface area contributed by atoms with Crippen LogP contribution in [0.1, 0.15) is 19.3 Å². The van der Waals surface area contributed by atoms with Crippen LogP contribution >= 0.6 is 11.6 Å². The number of tetrazole rings is 1. The minimum Gasteiger partial charge on any atom is -0.481 e. The third-order valence-corrected chi connectivity index (χ3v) is 5.68. The average molecular weight is 376 g/mol. The summed E-state index contributed by atoms with van der Waals surface area (Å²) in [5.74, 6) is -0.591. The summed E-state index contributed by atoms with van der Waals surface area (Å²) in [5.41, 5.74) is 0.692. The van der Waals surface area contributed by atoms with Crippen LogP contribution in [0.4, 0.5) is 0 Å². The number of carbonyl (C=O) groups is 2. The van der Waals surface area contributed by atoms with Gasteiger partial charge in [-0.2, -0.15) is 4.80 Å². The van der Waals surface area contributed by atoms with E-state index >= 15 is 0 Å². The number of piperidine rings is 1. The summed E-state index contributed by atoms with van der Waals surface area (Å²) in [6.45, 7) is 1.19. The van der Waals surface area contributed by atoms with E-state index in [1.54, 1.807) is 29.2 Å². The summed E-state index contributed by atoms with van der Waals surface area (Å²) in [6.07, 6.45) is 2.23. The van der Waals surface area contributed by atoms with Gasteiger partial charge in [-0.1, -0.05) is 11.6 Å². The lowest BCUT2D eigenvalue weighted by Gasteiger charge is -2.32. The van der Waals surface area contributed by atoms with E-state index in [1.807, 2.05) is 0 Å². The van der Waals surface area contributed by atoms with Crippen LogP contribution in [-0.2, 0) is 16.1 Å². The van der Waals surface area contributed by atoms with Gasteiger partial charge in [0.15, 0.2) is 0 Å². The number of benzene rings is 1. The number of likely N-dealkylation sites (tertiary alicyclic amines) is 1. The van der Waals surface area contributed by atoms with Crippen LogP contribution in [-0.4, -0.2) is 55.2 Å². The maximum atomic E-state index is 12.5. The second kappa shape index (κ2) is 6.35. The number of nitrogens with zero attached hydrogens (tertiary/aromatic N) is 5. The zero-order chi connectivity index (χ0) is 18.3. The summed E-state index contributed by atoms with van der Waals surface area (Å²) in [6, 6.07) is 7.08. The Morgan fingerprint density at radius 2 is 1.92 bits per heavy atom. The Morgan fingerprint density at radius 1 is 1.23 bits per heavy atom. The number of carboxylic acids is 1. The lowest BCUT2D eigenvalue weighted by molar-refractivity contribution is -0.140. The molecule has 0 bridgehead atoms. The number of aliphatic carboxylic acids is 1. The molecule has 2 fully saturated rings. The first-order chi connectivity index (χ1) is 12.5. The summed E-state index contributed by atoms with van der Waals surface area (Å²) in [4.78, 5) is 26.6. The van der Waals surface area contributed by atoms with Crippen LogP contribution in [0.2, 0.25) is 5.02 Å². The van der Waals surface area contributed by atoms with E-state index in [4.69, 9.17) is 16.7 Å². The van der Waals surface area contributed by atoms with Gasteiger partial charge in [-0.15, -0.1) is 10.2 Å². The van der Waals surface area contributed by atoms with Gasteiger partial charge in [0.1, 0.15) is 6.54 Å². The first kappa shape index (κ1) is 17.0. The quantitative estimate of drug-likeness (QED) is 0.872. The van der Waals surface area contributed by atoms with Gasteiger partial charge in [-0.25, -0.2) is 0 Å². The second-order valence-electron chi connectivity index (χ2n) is 6.99. The standard InChI is InChI=1S/C17H18ClN5O3/c18-12-3-1-11(2-4-12)15-19-21-23(20-15)10-14(24)22-7-5-17(6-8-22)9-13(17)16(25)26/h1-4,13H,5-10H2,(H,25,26). The molecular formula is C17H18ClN5O3. The summed E-state index contributed by atoms with van der Waals surface area (Å²) in [5, 5.41) is 21.9. The summed E-state index contributed by atoms with van der Waals surface area (Å²) >= 11 is 5.87. The van der Waals surface area contributed by atoms with Crippen LogP contribution < -0.4 is 0 Å². The molecule has 9 heteroatoms. The fourth-order valence-electron chi connectivity index (χ4n) is 3.70. The smallest absolute Gasteiger partial charge is 0.307 e. The van der Waals surface area contributed by atoms with Gasteiger partial charge < -0.3 is 10.0 Å². The lowest BCUT2D eigenvalue weighted by atomic mass is 9.91. The number of halogens is 1. The van der Waals surface area contributed by atoms with E-state index in [2.05, 4.69) is 15.4 Å². The monoisotopic (exact) mass is 375 g/mol. The molecule has 136 valence electrons. The highest BCUT2D eigenvalue weighted by molar-refractivity contribution is 6.30. The van der Waals surface area contributed by atoms with Crippen molar-refractivity contribution in [3.63, 3.8) is 0 Å². The normalized spacial score (nSPS) is 21.0. The third kappa shape index (κ3) is 3.16. The zero-order valence-electron chi connectivity index (χ0n) is 14.0. The fraction of sp³-hybridized carbons (Fsp3) is 0.471. The van der Waals surface area contributed by atoms with Gasteiger partial charge in [-0.3, -0.25) is 9.59 Å². The third-order valence-electron chi connectivity index (χ3n) is 5.43. The zero-order valence-corrected chi connectivity index (χ0v) is 14.8. The van der Waals surface area contributed by atoms with Crippen LogP contribution in [0.15, 0.2) is 24.3 Å². The minimum atomic E-state index is -0.716. The molecule has 1 aliphatic carbocycles. The van der Waals surface area contributed by atoms with Crippen molar-refractivity contribution in [2.45, 2.75) is 25.8 Å². The highest BCUT2D eigenvalue weighted by atomic mass is 35.5. The molecule has 2 aliphatic rings. The SMILES string of the molecule is O=C(O)C1CC12CCN(C(=O)Cn1nnc(-c3ccc(Cl)cc3)n1)CC2. The molecule has 1 unspecified atom stereocenters. The Balaban J connectivity index is 1.34. The molecule has 1 amide bonds.